The van der Waals surface area contributed by atoms with Crippen LogP contribution in [0, 0.1) is 0 Å². The molecule has 2 N–H and O–H groups in total. The Morgan fingerprint density at radius 3 is 2.92 bits per heavy atom. The highest BCUT2D eigenvalue weighted by atomic mass is 32.2. The minimum absolute atomic E-state index is 0.0318. The number of thiophene rings is 1. The van der Waals surface area contributed by atoms with E-state index in [1.54, 1.807) is 29.9 Å². The lowest BCUT2D eigenvalue weighted by Gasteiger charge is -2.14. The molecule has 130 valence electrons. The Bertz CT molecular complexity index is 828. The number of hydrogen-bond acceptors (Lipinski definition) is 6. The van der Waals surface area contributed by atoms with E-state index in [9.17, 15) is 9.59 Å². The lowest BCUT2D eigenvalue weighted by Crippen LogP contribution is -2.28. The summed E-state index contributed by atoms with van der Waals surface area (Å²) in [6.45, 7) is 2.55. The number of fused-ring (bicyclic) bond motifs is 3. The van der Waals surface area contributed by atoms with Gasteiger partial charge in [0.15, 0.2) is 5.16 Å². The van der Waals surface area contributed by atoms with Gasteiger partial charge >= 0.3 is 0 Å². The molecule has 2 heterocycles. The number of nitrogens with two attached hydrogens (primary N) is 1. The van der Waals surface area contributed by atoms with Gasteiger partial charge in [-0.05, 0) is 38.2 Å². The van der Waals surface area contributed by atoms with Gasteiger partial charge < -0.3 is 10.5 Å². The average Bonchev–Trinajstić information content (AvgIpc) is 2.92. The third-order valence-electron chi connectivity index (χ3n) is 4.24. The molecule has 8 heteroatoms. The summed E-state index contributed by atoms with van der Waals surface area (Å²) in [5.74, 6) is -0.418. The molecule has 24 heavy (non-hydrogen) atoms. The zero-order valence-electron chi connectivity index (χ0n) is 13.8. The Balaban J connectivity index is 2.14. The maximum absolute atomic E-state index is 13.1. The van der Waals surface area contributed by atoms with E-state index in [2.05, 4.69) is 0 Å². The van der Waals surface area contributed by atoms with Crippen molar-refractivity contribution >= 4 is 39.2 Å². The summed E-state index contributed by atoms with van der Waals surface area (Å²) >= 11 is 2.84. The molecule has 1 amide bonds. The fraction of sp³-hybridized carbons (Fsp3) is 0.562. The second-order valence-electron chi connectivity index (χ2n) is 5.90. The highest BCUT2D eigenvalue weighted by molar-refractivity contribution is 8.00. The molecule has 6 nitrogen and oxygen atoms in total. The van der Waals surface area contributed by atoms with Crippen LogP contribution in [0.15, 0.2) is 9.95 Å². The number of amides is 1. The zero-order chi connectivity index (χ0) is 17.3. The lowest BCUT2D eigenvalue weighted by atomic mass is 9.97. The van der Waals surface area contributed by atoms with Gasteiger partial charge in [-0.3, -0.25) is 14.2 Å². The van der Waals surface area contributed by atoms with Gasteiger partial charge in [0.1, 0.15) is 4.83 Å². The van der Waals surface area contributed by atoms with E-state index in [0.717, 1.165) is 35.9 Å². The first-order chi connectivity index (χ1) is 11.5. The smallest absolute Gasteiger partial charge is 0.263 e. The molecule has 0 fully saturated rings. The van der Waals surface area contributed by atoms with Crippen molar-refractivity contribution in [3.05, 3.63) is 20.8 Å². The SMILES string of the molecule is COCCn1c(S[C@@H](C)C(N)=O)nc2sc3c(c2c1=O)CCCC3. The van der Waals surface area contributed by atoms with Crippen molar-refractivity contribution in [3.63, 3.8) is 0 Å². The predicted octanol–water partition coefficient (Wildman–Crippen LogP) is 1.95. The number of ether oxygens (including phenoxy) is 1. The predicted molar refractivity (Wildman–Crippen MR) is 96.9 cm³/mol. The Kier molecular flexibility index (Phi) is 5.27. The molecule has 0 aromatic carbocycles. The fourth-order valence-electron chi connectivity index (χ4n) is 2.91. The fourth-order valence-corrected chi connectivity index (χ4v) is 5.09. The minimum atomic E-state index is -0.447. The first kappa shape index (κ1) is 17.4. The van der Waals surface area contributed by atoms with Crippen LogP contribution in [0.2, 0.25) is 0 Å². The Morgan fingerprint density at radius 1 is 1.46 bits per heavy atom. The molecule has 0 radical (unpaired) electrons. The maximum atomic E-state index is 13.1. The van der Waals surface area contributed by atoms with Crippen molar-refractivity contribution < 1.29 is 9.53 Å². The molecular weight excluding hydrogens is 346 g/mol. The molecule has 1 atom stereocenters. The van der Waals surface area contributed by atoms with Gasteiger partial charge in [-0.15, -0.1) is 11.3 Å². The second kappa shape index (κ2) is 7.25. The summed E-state index contributed by atoms with van der Waals surface area (Å²) in [6, 6.07) is 0. The van der Waals surface area contributed by atoms with Gasteiger partial charge in [-0.25, -0.2) is 4.98 Å². The van der Waals surface area contributed by atoms with Crippen LogP contribution < -0.4 is 11.3 Å². The molecule has 2 aromatic rings. The second-order valence-corrected chi connectivity index (χ2v) is 8.29. The van der Waals surface area contributed by atoms with E-state index in [0.29, 0.717) is 18.3 Å². The van der Waals surface area contributed by atoms with Crippen LogP contribution in [-0.2, 0) is 28.9 Å². The number of aryl methyl sites for hydroxylation is 2. The summed E-state index contributed by atoms with van der Waals surface area (Å²) < 4.78 is 6.75. The number of aromatic nitrogens is 2. The average molecular weight is 367 g/mol. The molecule has 3 rings (SSSR count). The van der Waals surface area contributed by atoms with Crippen molar-refractivity contribution in [2.24, 2.45) is 5.73 Å². The lowest BCUT2D eigenvalue weighted by molar-refractivity contribution is -0.117. The molecule has 0 saturated carbocycles. The third kappa shape index (κ3) is 3.22. The number of primary amides is 1. The van der Waals surface area contributed by atoms with Crippen LogP contribution in [0.1, 0.15) is 30.2 Å². The molecule has 0 saturated heterocycles. The van der Waals surface area contributed by atoms with Crippen LogP contribution in [0.4, 0.5) is 0 Å². The van der Waals surface area contributed by atoms with E-state index < -0.39 is 11.2 Å². The molecule has 1 aliphatic rings. The van der Waals surface area contributed by atoms with Crippen LogP contribution in [0.5, 0.6) is 0 Å². The number of rotatable bonds is 6. The van der Waals surface area contributed by atoms with Gasteiger partial charge in [-0.2, -0.15) is 0 Å². The van der Waals surface area contributed by atoms with E-state index in [-0.39, 0.29) is 5.56 Å². The molecule has 0 spiro atoms. The van der Waals surface area contributed by atoms with Gasteiger partial charge in [0.2, 0.25) is 5.91 Å². The van der Waals surface area contributed by atoms with Crippen molar-refractivity contribution in [1.29, 1.82) is 0 Å². The molecule has 1 aliphatic carbocycles. The molecule has 0 unspecified atom stereocenters. The number of carbonyl (C=O) groups excluding carboxylic acids is 1. The van der Waals surface area contributed by atoms with Gasteiger partial charge in [0.25, 0.3) is 5.56 Å². The number of hydrogen-bond donors (Lipinski definition) is 1. The topological polar surface area (TPSA) is 87.2 Å². The summed E-state index contributed by atoms with van der Waals surface area (Å²) in [6.07, 6.45) is 4.25. The van der Waals surface area contributed by atoms with Crippen molar-refractivity contribution in [3.8, 4) is 0 Å². The Morgan fingerprint density at radius 2 is 2.21 bits per heavy atom. The van der Waals surface area contributed by atoms with E-state index in [1.165, 1.54) is 22.2 Å². The number of methoxy groups -OCH3 is 1. The van der Waals surface area contributed by atoms with Gasteiger partial charge in [0, 0.05) is 12.0 Å². The van der Waals surface area contributed by atoms with Crippen LogP contribution >= 0.6 is 23.1 Å². The number of thioether (sulfide) groups is 1. The molecular formula is C16H21N3O3S2. The van der Waals surface area contributed by atoms with E-state index in [4.69, 9.17) is 15.5 Å². The normalized spacial score (nSPS) is 15.4. The van der Waals surface area contributed by atoms with E-state index in [1.807, 2.05) is 0 Å². The van der Waals surface area contributed by atoms with Crippen LogP contribution in [0.3, 0.4) is 0 Å². The minimum Gasteiger partial charge on any atom is -0.383 e. The summed E-state index contributed by atoms with van der Waals surface area (Å²) in [5, 5.41) is 0.842. The summed E-state index contributed by atoms with van der Waals surface area (Å²) in [5.41, 5.74) is 6.51. The standard InChI is InChI=1S/C16H21N3O3S2/c1-9(13(17)20)23-16-18-14-12(15(21)19(16)7-8-22-2)10-5-3-4-6-11(10)24-14/h9H,3-8H2,1-2H3,(H2,17,20)/t9-/m0/s1. The van der Waals surface area contributed by atoms with Gasteiger partial charge in [-0.1, -0.05) is 11.8 Å². The summed E-state index contributed by atoms with van der Waals surface area (Å²) in [4.78, 5) is 31.2. The quantitative estimate of drug-likeness (QED) is 0.623. The first-order valence-corrected chi connectivity index (χ1v) is 9.72. The van der Waals surface area contributed by atoms with Crippen molar-refractivity contribution in [1.82, 2.24) is 9.55 Å². The summed E-state index contributed by atoms with van der Waals surface area (Å²) in [7, 11) is 1.60. The zero-order valence-corrected chi connectivity index (χ0v) is 15.5. The van der Waals surface area contributed by atoms with Crippen LogP contribution in [0.25, 0.3) is 10.2 Å². The Hall–Kier alpha value is -1.38. The molecule has 0 aliphatic heterocycles. The van der Waals surface area contributed by atoms with Crippen molar-refractivity contribution in [2.45, 2.75) is 49.6 Å². The largest absolute Gasteiger partial charge is 0.383 e. The number of nitrogens with zero attached hydrogens (tertiary/aromatic N) is 2. The van der Waals surface area contributed by atoms with E-state index >= 15 is 0 Å². The number of carbonyl (C=O) groups is 1. The molecule has 0 bridgehead atoms. The maximum Gasteiger partial charge on any atom is 0.263 e. The van der Waals surface area contributed by atoms with Crippen molar-refractivity contribution in [2.75, 3.05) is 13.7 Å². The first-order valence-electron chi connectivity index (χ1n) is 8.03. The highest BCUT2D eigenvalue weighted by Gasteiger charge is 2.23. The monoisotopic (exact) mass is 367 g/mol. The Labute approximate surface area is 148 Å². The third-order valence-corrected chi connectivity index (χ3v) is 6.54. The van der Waals surface area contributed by atoms with Crippen LogP contribution in [-0.4, -0.2) is 34.4 Å². The molecule has 2 aromatic heterocycles. The van der Waals surface area contributed by atoms with Gasteiger partial charge in [0.05, 0.1) is 23.8 Å². The highest BCUT2D eigenvalue weighted by Crippen LogP contribution is 2.35.